The van der Waals surface area contributed by atoms with Crippen LogP contribution in [0.25, 0.3) is 0 Å². The van der Waals surface area contributed by atoms with Gasteiger partial charge in [0.15, 0.2) is 0 Å². The van der Waals surface area contributed by atoms with Gasteiger partial charge in [-0.15, -0.1) is 0 Å². The SMILES string of the molecule is CCC(C)C1CNc2c(C)nn(CC)c2N1. The molecule has 90 valence electrons. The van der Waals surface area contributed by atoms with Gasteiger partial charge in [-0.25, -0.2) is 4.68 Å². The van der Waals surface area contributed by atoms with Gasteiger partial charge in [0.25, 0.3) is 0 Å². The minimum absolute atomic E-state index is 0.513. The Labute approximate surface area is 97.4 Å². The van der Waals surface area contributed by atoms with Crippen LogP contribution in [-0.2, 0) is 6.54 Å². The molecule has 4 nitrogen and oxygen atoms in total. The maximum absolute atomic E-state index is 4.52. The molecule has 2 atom stereocenters. The number of nitrogens with zero attached hydrogens (tertiary/aromatic N) is 2. The van der Waals surface area contributed by atoms with Crippen LogP contribution >= 0.6 is 0 Å². The van der Waals surface area contributed by atoms with Gasteiger partial charge in [-0.2, -0.15) is 5.10 Å². The van der Waals surface area contributed by atoms with E-state index in [4.69, 9.17) is 0 Å². The normalized spacial score (nSPS) is 20.9. The molecule has 16 heavy (non-hydrogen) atoms. The highest BCUT2D eigenvalue weighted by molar-refractivity contribution is 5.70. The number of fused-ring (bicyclic) bond motifs is 1. The smallest absolute Gasteiger partial charge is 0.148 e. The lowest BCUT2D eigenvalue weighted by Gasteiger charge is -2.31. The van der Waals surface area contributed by atoms with Crippen molar-refractivity contribution >= 4 is 11.5 Å². The number of nitrogens with one attached hydrogen (secondary N) is 2. The summed E-state index contributed by atoms with van der Waals surface area (Å²) >= 11 is 0. The Kier molecular flexibility index (Phi) is 3.08. The highest BCUT2D eigenvalue weighted by Gasteiger charge is 2.25. The van der Waals surface area contributed by atoms with E-state index < -0.39 is 0 Å². The van der Waals surface area contributed by atoms with Gasteiger partial charge in [0.2, 0.25) is 0 Å². The van der Waals surface area contributed by atoms with E-state index in [1.54, 1.807) is 0 Å². The van der Waals surface area contributed by atoms with Crippen LogP contribution in [0.4, 0.5) is 11.5 Å². The molecule has 0 saturated heterocycles. The van der Waals surface area contributed by atoms with Crippen LogP contribution in [0.3, 0.4) is 0 Å². The lowest BCUT2D eigenvalue weighted by molar-refractivity contribution is 0.472. The van der Waals surface area contributed by atoms with Crippen molar-refractivity contribution in [2.45, 2.75) is 46.7 Å². The van der Waals surface area contributed by atoms with E-state index in [1.165, 1.54) is 12.1 Å². The van der Waals surface area contributed by atoms with Crippen LogP contribution in [0, 0.1) is 12.8 Å². The molecule has 0 aromatic carbocycles. The molecule has 1 aliphatic rings. The fraction of sp³-hybridized carbons (Fsp3) is 0.750. The molecule has 1 aromatic rings. The molecular weight excluding hydrogens is 200 g/mol. The first-order chi connectivity index (χ1) is 7.67. The molecule has 0 spiro atoms. The summed E-state index contributed by atoms with van der Waals surface area (Å²) in [7, 11) is 0. The molecule has 2 unspecified atom stereocenters. The number of rotatable bonds is 3. The molecule has 2 rings (SSSR count). The van der Waals surface area contributed by atoms with Crippen LogP contribution in [0.15, 0.2) is 0 Å². The Bertz CT molecular complexity index is 369. The highest BCUT2D eigenvalue weighted by Crippen LogP contribution is 2.31. The van der Waals surface area contributed by atoms with E-state index in [0.29, 0.717) is 12.0 Å². The van der Waals surface area contributed by atoms with Gasteiger partial charge in [-0.05, 0) is 19.8 Å². The van der Waals surface area contributed by atoms with Crippen molar-refractivity contribution in [3.05, 3.63) is 5.69 Å². The van der Waals surface area contributed by atoms with E-state index in [-0.39, 0.29) is 0 Å². The van der Waals surface area contributed by atoms with Crippen LogP contribution in [0.5, 0.6) is 0 Å². The zero-order valence-electron chi connectivity index (χ0n) is 10.7. The predicted molar refractivity (Wildman–Crippen MR) is 68.0 cm³/mol. The van der Waals surface area contributed by atoms with Gasteiger partial charge in [-0.3, -0.25) is 0 Å². The molecule has 0 bridgehead atoms. The first-order valence-corrected chi connectivity index (χ1v) is 6.25. The summed E-state index contributed by atoms with van der Waals surface area (Å²) in [6.07, 6.45) is 1.20. The van der Waals surface area contributed by atoms with Crippen LogP contribution < -0.4 is 10.6 Å². The second-order valence-corrected chi connectivity index (χ2v) is 4.64. The third-order valence-electron chi connectivity index (χ3n) is 3.58. The topological polar surface area (TPSA) is 41.9 Å². The fourth-order valence-corrected chi connectivity index (χ4v) is 2.24. The van der Waals surface area contributed by atoms with Gasteiger partial charge in [0.05, 0.1) is 5.69 Å². The summed E-state index contributed by atoms with van der Waals surface area (Å²) in [5, 5.41) is 11.7. The molecule has 4 heteroatoms. The maximum Gasteiger partial charge on any atom is 0.148 e. The van der Waals surface area contributed by atoms with Gasteiger partial charge >= 0.3 is 0 Å². The Morgan fingerprint density at radius 3 is 2.88 bits per heavy atom. The zero-order chi connectivity index (χ0) is 11.7. The molecule has 0 saturated carbocycles. The number of aromatic nitrogens is 2. The molecule has 2 N–H and O–H groups in total. The first-order valence-electron chi connectivity index (χ1n) is 6.25. The standard InChI is InChI=1S/C12H22N4/c1-5-8(3)10-7-13-11-9(4)15-16(6-2)12(11)14-10/h8,10,13-14H,5-7H2,1-4H3. The number of hydrogen-bond acceptors (Lipinski definition) is 3. The second-order valence-electron chi connectivity index (χ2n) is 4.64. The molecule has 2 heterocycles. The van der Waals surface area contributed by atoms with Crippen molar-refractivity contribution < 1.29 is 0 Å². The summed E-state index contributed by atoms with van der Waals surface area (Å²) in [5.74, 6) is 1.85. The second kappa shape index (κ2) is 4.36. The van der Waals surface area contributed by atoms with Crippen molar-refractivity contribution in [2.75, 3.05) is 17.2 Å². The monoisotopic (exact) mass is 222 g/mol. The summed E-state index contributed by atoms with van der Waals surface area (Å²) in [6.45, 7) is 10.6. The third kappa shape index (κ3) is 1.77. The molecule has 0 amide bonds. The molecule has 0 aliphatic carbocycles. The predicted octanol–water partition coefficient (Wildman–Crippen LogP) is 2.46. The van der Waals surface area contributed by atoms with Crippen LogP contribution in [0.1, 0.15) is 32.9 Å². The minimum Gasteiger partial charge on any atom is -0.378 e. The summed E-state index contributed by atoms with van der Waals surface area (Å²) < 4.78 is 2.05. The van der Waals surface area contributed by atoms with Crippen molar-refractivity contribution in [3.8, 4) is 0 Å². The van der Waals surface area contributed by atoms with Gasteiger partial charge < -0.3 is 10.6 Å². The first kappa shape index (κ1) is 11.3. The largest absolute Gasteiger partial charge is 0.378 e. The number of hydrogen-bond donors (Lipinski definition) is 2. The lowest BCUT2D eigenvalue weighted by Crippen LogP contribution is -2.38. The average molecular weight is 222 g/mol. The van der Waals surface area contributed by atoms with E-state index in [0.717, 1.165) is 24.6 Å². The maximum atomic E-state index is 4.52. The number of anilines is 2. The molecular formula is C12H22N4. The lowest BCUT2D eigenvalue weighted by atomic mass is 9.98. The van der Waals surface area contributed by atoms with Crippen LogP contribution in [-0.4, -0.2) is 22.4 Å². The molecule has 0 radical (unpaired) electrons. The van der Waals surface area contributed by atoms with Crippen molar-refractivity contribution in [2.24, 2.45) is 5.92 Å². The zero-order valence-corrected chi connectivity index (χ0v) is 10.7. The highest BCUT2D eigenvalue weighted by atomic mass is 15.4. The van der Waals surface area contributed by atoms with E-state index in [2.05, 4.69) is 43.4 Å². The minimum atomic E-state index is 0.513. The summed E-state index contributed by atoms with van der Waals surface area (Å²) in [4.78, 5) is 0. The molecule has 1 aliphatic heterocycles. The molecule has 1 aromatic heterocycles. The quantitative estimate of drug-likeness (QED) is 0.825. The van der Waals surface area contributed by atoms with Gasteiger partial charge in [0.1, 0.15) is 11.5 Å². The number of aryl methyl sites for hydroxylation is 2. The van der Waals surface area contributed by atoms with Crippen molar-refractivity contribution in [1.29, 1.82) is 0 Å². The van der Waals surface area contributed by atoms with Gasteiger partial charge in [-0.1, -0.05) is 20.3 Å². The fourth-order valence-electron chi connectivity index (χ4n) is 2.24. The van der Waals surface area contributed by atoms with Crippen molar-refractivity contribution in [3.63, 3.8) is 0 Å². The Morgan fingerprint density at radius 2 is 2.25 bits per heavy atom. The van der Waals surface area contributed by atoms with Crippen LogP contribution in [0.2, 0.25) is 0 Å². The van der Waals surface area contributed by atoms with E-state index in [1.807, 2.05) is 4.68 Å². The Morgan fingerprint density at radius 1 is 1.50 bits per heavy atom. The Balaban J connectivity index is 2.25. The molecule has 0 fully saturated rings. The third-order valence-corrected chi connectivity index (χ3v) is 3.58. The summed E-state index contributed by atoms with van der Waals surface area (Å²) in [5.41, 5.74) is 2.27. The van der Waals surface area contributed by atoms with E-state index >= 15 is 0 Å². The average Bonchev–Trinajstić information content (AvgIpc) is 2.64. The summed E-state index contributed by atoms with van der Waals surface area (Å²) in [6, 6.07) is 0.513. The van der Waals surface area contributed by atoms with E-state index in [9.17, 15) is 0 Å². The Hall–Kier alpha value is -1.19. The van der Waals surface area contributed by atoms with Crippen molar-refractivity contribution in [1.82, 2.24) is 9.78 Å². The van der Waals surface area contributed by atoms with Gasteiger partial charge in [0, 0.05) is 19.1 Å².